The molecule has 1 aliphatic heterocycles. The predicted molar refractivity (Wildman–Crippen MR) is 116 cm³/mol. The van der Waals surface area contributed by atoms with E-state index < -0.39 is 5.41 Å². The first-order chi connectivity index (χ1) is 15.2. The average Bonchev–Trinajstić information content (AvgIpc) is 3.41. The Kier molecular flexibility index (Phi) is 5.48. The van der Waals surface area contributed by atoms with Crippen molar-refractivity contribution in [1.29, 1.82) is 0 Å². The second-order valence-electron chi connectivity index (χ2n) is 8.84. The number of hydrogen-bond donors (Lipinski definition) is 0. The van der Waals surface area contributed by atoms with Gasteiger partial charge < -0.3 is 14.0 Å². The lowest BCUT2D eigenvalue weighted by atomic mass is 9.77. The molecule has 5 rings (SSSR count). The molecule has 0 radical (unpaired) electrons. The number of carbonyl (C=O) groups is 1. The van der Waals surface area contributed by atoms with Gasteiger partial charge in [0.05, 0.1) is 29.8 Å². The van der Waals surface area contributed by atoms with E-state index >= 15 is 0 Å². The topological polar surface area (TPSA) is 46.8 Å². The third kappa shape index (κ3) is 3.74. The highest BCUT2D eigenvalue weighted by Gasteiger charge is 2.46. The van der Waals surface area contributed by atoms with Gasteiger partial charge in [-0.25, -0.2) is 4.39 Å². The summed E-state index contributed by atoms with van der Waals surface area (Å²) >= 11 is 0. The van der Waals surface area contributed by atoms with Crippen LogP contribution in [0.15, 0.2) is 55.0 Å². The number of ether oxygens (including phenoxy) is 1. The standard InChI is InChI=1S/C25H28FN3O2/c26-21-7-2-1-6-20(21)25(9-3-4-10-25)24(30)29-14-15-31-18-19(17-29)16-22-23-8-5-12-28(23)13-11-27-22/h1-2,5-8,11-13,19H,3-4,9-10,14-18H2/t19-/m0/s1. The lowest BCUT2D eigenvalue weighted by Crippen LogP contribution is -2.48. The van der Waals surface area contributed by atoms with Gasteiger partial charge in [0.15, 0.2) is 0 Å². The molecule has 0 spiro atoms. The maximum atomic E-state index is 14.8. The van der Waals surface area contributed by atoms with E-state index in [0.717, 1.165) is 30.5 Å². The minimum Gasteiger partial charge on any atom is -0.379 e. The van der Waals surface area contributed by atoms with Gasteiger partial charge in [0.1, 0.15) is 5.82 Å². The lowest BCUT2D eigenvalue weighted by molar-refractivity contribution is -0.138. The number of aromatic nitrogens is 2. The van der Waals surface area contributed by atoms with Gasteiger partial charge in [0.25, 0.3) is 0 Å². The fourth-order valence-corrected chi connectivity index (χ4v) is 5.38. The van der Waals surface area contributed by atoms with Crippen molar-refractivity contribution in [2.75, 3.05) is 26.3 Å². The van der Waals surface area contributed by atoms with E-state index in [4.69, 9.17) is 4.74 Å². The summed E-state index contributed by atoms with van der Waals surface area (Å²) in [5, 5.41) is 0. The Bertz CT molecular complexity index is 1070. The van der Waals surface area contributed by atoms with E-state index in [-0.39, 0.29) is 17.6 Å². The monoisotopic (exact) mass is 421 g/mol. The van der Waals surface area contributed by atoms with Gasteiger partial charge in [0, 0.05) is 43.2 Å². The molecular formula is C25H28FN3O2. The number of halogens is 1. The Balaban J connectivity index is 1.40. The second-order valence-corrected chi connectivity index (χ2v) is 8.84. The van der Waals surface area contributed by atoms with Crippen LogP contribution in [-0.2, 0) is 21.4 Å². The highest BCUT2D eigenvalue weighted by atomic mass is 19.1. The molecular weight excluding hydrogens is 393 g/mol. The zero-order valence-electron chi connectivity index (χ0n) is 17.7. The molecule has 3 heterocycles. The van der Waals surface area contributed by atoms with Crippen LogP contribution in [0.3, 0.4) is 0 Å². The van der Waals surface area contributed by atoms with Crippen LogP contribution in [0.25, 0.3) is 5.52 Å². The first-order valence-corrected chi connectivity index (χ1v) is 11.2. The lowest BCUT2D eigenvalue weighted by Gasteiger charge is -2.35. The van der Waals surface area contributed by atoms with Gasteiger partial charge in [-0.1, -0.05) is 31.0 Å². The molecule has 31 heavy (non-hydrogen) atoms. The fourth-order valence-electron chi connectivity index (χ4n) is 5.38. The van der Waals surface area contributed by atoms with E-state index in [2.05, 4.69) is 15.5 Å². The molecule has 0 unspecified atom stereocenters. The van der Waals surface area contributed by atoms with Crippen LogP contribution >= 0.6 is 0 Å². The van der Waals surface area contributed by atoms with Crippen LogP contribution in [0, 0.1) is 11.7 Å². The van der Waals surface area contributed by atoms with E-state index in [1.165, 1.54) is 6.07 Å². The number of hydrogen-bond acceptors (Lipinski definition) is 3. The summed E-state index contributed by atoms with van der Waals surface area (Å²) in [6.45, 7) is 2.27. The summed E-state index contributed by atoms with van der Waals surface area (Å²) in [5.74, 6) is -0.0666. The summed E-state index contributed by atoms with van der Waals surface area (Å²) in [6, 6.07) is 10.9. The number of amides is 1. The molecule has 0 bridgehead atoms. The smallest absolute Gasteiger partial charge is 0.233 e. The largest absolute Gasteiger partial charge is 0.379 e. The summed E-state index contributed by atoms with van der Waals surface area (Å²) in [6.07, 6.45) is 9.83. The van der Waals surface area contributed by atoms with Gasteiger partial charge in [-0.15, -0.1) is 0 Å². The van der Waals surface area contributed by atoms with Crippen molar-refractivity contribution in [2.24, 2.45) is 5.92 Å². The SMILES string of the molecule is O=C(N1CCOC[C@@H](Cc2nccn3cccc23)C1)C1(c2ccccc2F)CCCC1. The molecule has 162 valence electrons. The van der Waals surface area contributed by atoms with Crippen LogP contribution < -0.4 is 0 Å². The minimum atomic E-state index is -0.750. The van der Waals surface area contributed by atoms with Crippen LogP contribution in [-0.4, -0.2) is 46.5 Å². The molecule has 0 N–H and O–H groups in total. The fraction of sp³-hybridized carbons (Fsp3) is 0.440. The normalized spacial score (nSPS) is 21.3. The van der Waals surface area contributed by atoms with E-state index in [1.807, 2.05) is 35.6 Å². The van der Waals surface area contributed by atoms with Gasteiger partial charge in [-0.3, -0.25) is 9.78 Å². The molecule has 1 aromatic carbocycles. The van der Waals surface area contributed by atoms with Gasteiger partial charge in [-0.05, 0) is 37.5 Å². The van der Waals surface area contributed by atoms with Crippen molar-refractivity contribution < 1.29 is 13.9 Å². The van der Waals surface area contributed by atoms with E-state index in [9.17, 15) is 9.18 Å². The Morgan fingerprint density at radius 2 is 2.00 bits per heavy atom. The van der Waals surface area contributed by atoms with Gasteiger partial charge in [0.2, 0.25) is 5.91 Å². The predicted octanol–water partition coefficient (Wildman–Crippen LogP) is 4.00. The number of rotatable bonds is 4. The molecule has 2 aromatic heterocycles. The van der Waals surface area contributed by atoms with Crippen LogP contribution in [0.1, 0.15) is 36.9 Å². The number of fused-ring (bicyclic) bond motifs is 1. The van der Waals surface area contributed by atoms with Crippen molar-refractivity contribution in [3.63, 3.8) is 0 Å². The van der Waals surface area contributed by atoms with Crippen molar-refractivity contribution >= 4 is 11.4 Å². The Hall–Kier alpha value is -2.73. The van der Waals surface area contributed by atoms with Crippen molar-refractivity contribution in [1.82, 2.24) is 14.3 Å². The second kappa shape index (κ2) is 8.42. The molecule has 1 saturated heterocycles. The number of carbonyl (C=O) groups excluding carboxylic acids is 1. The number of nitrogens with zero attached hydrogens (tertiary/aromatic N) is 3. The maximum Gasteiger partial charge on any atom is 0.233 e. The molecule has 2 aliphatic rings. The molecule has 1 saturated carbocycles. The zero-order valence-corrected chi connectivity index (χ0v) is 17.7. The van der Waals surface area contributed by atoms with E-state index in [1.54, 1.807) is 12.1 Å². The number of benzene rings is 1. The molecule has 2 fully saturated rings. The van der Waals surface area contributed by atoms with Crippen LogP contribution in [0.4, 0.5) is 4.39 Å². The Labute approximate surface area is 181 Å². The molecule has 1 amide bonds. The molecule has 1 aliphatic carbocycles. The van der Waals surface area contributed by atoms with E-state index in [0.29, 0.717) is 44.7 Å². The molecule has 3 aromatic rings. The third-order valence-electron chi connectivity index (χ3n) is 6.90. The molecule has 6 heteroatoms. The maximum absolute atomic E-state index is 14.8. The third-order valence-corrected chi connectivity index (χ3v) is 6.90. The van der Waals surface area contributed by atoms with Crippen molar-refractivity contribution in [2.45, 2.75) is 37.5 Å². The first kappa shape index (κ1) is 20.2. The summed E-state index contributed by atoms with van der Waals surface area (Å²) in [5.41, 5.74) is 1.90. The molecule has 5 nitrogen and oxygen atoms in total. The summed E-state index contributed by atoms with van der Waals surface area (Å²) in [7, 11) is 0. The highest BCUT2D eigenvalue weighted by Crippen LogP contribution is 2.44. The Morgan fingerprint density at radius 1 is 1.16 bits per heavy atom. The van der Waals surface area contributed by atoms with Gasteiger partial charge >= 0.3 is 0 Å². The van der Waals surface area contributed by atoms with Crippen LogP contribution in [0.2, 0.25) is 0 Å². The summed E-state index contributed by atoms with van der Waals surface area (Å²) < 4.78 is 22.7. The van der Waals surface area contributed by atoms with Crippen molar-refractivity contribution in [3.8, 4) is 0 Å². The highest BCUT2D eigenvalue weighted by molar-refractivity contribution is 5.88. The first-order valence-electron chi connectivity index (χ1n) is 11.2. The zero-order chi connectivity index (χ0) is 21.3. The van der Waals surface area contributed by atoms with Crippen LogP contribution in [0.5, 0.6) is 0 Å². The van der Waals surface area contributed by atoms with Gasteiger partial charge in [-0.2, -0.15) is 0 Å². The molecule has 1 atom stereocenters. The van der Waals surface area contributed by atoms with Crippen molar-refractivity contribution in [3.05, 3.63) is 72.1 Å². The Morgan fingerprint density at radius 3 is 2.84 bits per heavy atom. The summed E-state index contributed by atoms with van der Waals surface area (Å²) in [4.78, 5) is 20.4. The minimum absolute atomic E-state index is 0.0550. The average molecular weight is 422 g/mol. The quantitative estimate of drug-likeness (QED) is 0.640.